The lowest BCUT2D eigenvalue weighted by Gasteiger charge is -2.40. The Bertz CT molecular complexity index is 651. The molecule has 3 rings (SSSR count). The third-order valence-corrected chi connectivity index (χ3v) is 6.61. The van der Waals surface area contributed by atoms with Gasteiger partial charge < -0.3 is 5.32 Å². The van der Waals surface area contributed by atoms with E-state index >= 15 is 0 Å². The molecule has 0 aliphatic heterocycles. The predicted octanol–water partition coefficient (Wildman–Crippen LogP) is 3.76. The van der Waals surface area contributed by atoms with Crippen LogP contribution in [0.5, 0.6) is 0 Å². The van der Waals surface area contributed by atoms with Crippen LogP contribution in [-0.2, 0) is 4.79 Å². The van der Waals surface area contributed by atoms with Crippen molar-refractivity contribution in [1.29, 1.82) is 0 Å². The lowest BCUT2D eigenvalue weighted by molar-refractivity contribution is -0.120. The van der Waals surface area contributed by atoms with Crippen molar-refractivity contribution in [2.75, 3.05) is 0 Å². The summed E-state index contributed by atoms with van der Waals surface area (Å²) < 4.78 is 0. The number of nitrogens with one attached hydrogen (secondary N) is 1. The molecule has 2 saturated carbocycles. The maximum Gasteiger partial charge on any atom is 0.217 e. The number of rotatable bonds is 1. The smallest absolute Gasteiger partial charge is 0.217 e. The van der Waals surface area contributed by atoms with Crippen LogP contribution in [0.4, 0.5) is 0 Å². The van der Waals surface area contributed by atoms with E-state index in [0.717, 1.165) is 24.8 Å². The van der Waals surface area contributed by atoms with Gasteiger partial charge in [-0.3, -0.25) is 4.79 Å². The standard InChI is InChI=1S/C20H25NO/c1-15(22)21-17-14-20(11-10-16-8-6-5-7-9-16)13-12-19(17,4)18(20,2)3/h5-9,17H,12-14H2,1-4H3,(H,21,22). The Labute approximate surface area is 133 Å². The summed E-state index contributed by atoms with van der Waals surface area (Å²) in [7, 11) is 0. The minimum Gasteiger partial charge on any atom is -0.353 e. The number of fused-ring (bicyclic) bond motifs is 2. The van der Waals surface area contributed by atoms with Crippen LogP contribution in [0.2, 0.25) is 0 Å². The molecule has 0 spiro atoms. The summed E-state index contributed by atoms with van der Waals surface area (Å²) in [5, 5.41) is 3.19. The van der Waals surface area contributed by atoms with E-state index in [1.807, 2.05) is 18.2 Å². The molecule has 116 valence electrons. The second-order valence-corrected chi connectivity index (χ2v) is 7.70. The lowest BCUT2D eigenvalue weighted by atomic mass is 9.65. The molecule has 0 saturated heterocycles. The Kier molecular flexibility index (Phi) is 3.36. The van der Waals surface area contributed by atoms with Crippen molar-refractivity contribution < 1.29 is 4.79 Å². The second kappa shape index (κ2) is 4.88. The molecule has 2 bridgehead atoms. The predicted molar refractivity (Wildman–Crippen MR) is 89.1 cm³/mol. The highest BCUT2D eigenvalue weighted by Crippen LogP contribution is 2.71. The molecular formula is C20H25NO. The fourth-order valence-electron chi connectivity index (χ4n) is 4.62. The molecule has 1 aromatic carbocycles. The molecule has 3 atom stereocenters. The first-order valence-corrected chi connectivity index (χ1v) is 8.16. The van der Waals surface area contributed by atoms with Crippen molar-refractivity contribution in [2.45, 2.75) is 53.0 Å². The Morgan fingerprint density at radius 3 is 2.50 bits per heavy atom. The van der Waals surface area contributed by atoms with E-state index in [-0.39, 0.29) is 28.2 Å². The summed E-state index contributed by atoms with van der Waals surface area (Å²) in [4.78, 5) is 11.6. The quantitative estimate of drug-likeness (QED) is 0.785. The van der Waals surface area contributed by atoms with Gasteiger partial charge in [0.2, 0.25) is 5.91 Å². The Hall–Kier alpha value is -1.75. The molecule has 1 amide bonds. The SMILES string of the molecule is CC(=O)NC1CC2(C#Cc3ccccc3)CCC1(C)C2(C)C. The maximum atomic E-state index is 11.6. The largest absolute Gasteiger partial charge is 0.353 e. The van der Waals surface area contributed by atoms with Gasteiger partial charge in [-0.25, -0.2) is 0 Å². The number of carbonyl (C=O) groups is 1. The molecule has 2 heteroatoms. The maximum absolute atomic E-state index is 11.6. The zero-order valence-electron chi connectivity index (χ0n) is 14.0. The molecule has 1 aromatic rings. The molecule has 2 fully saturated rings. The topological polar surface area (TPSA) is 29.1 Å². The summed E-state index contributed by atoms with van der Waals surface area (Å²) in [5.74, 6) is 7.08. The van der Waals surface area contributed by atoms with Crippen molar-refractivity contribution in [3.05, 3.63) is 35.9 Å². The molecule has 0 radical (unpaired) electrons. The first-order valence-electron chi connectivity index (χ1n) is 8.16. The van der Waals surface area contributed by atoms with Crippen LogP contribution < -0.4 is 5.32 Å². The van der Waals surface area contributed by atoms with Gasteiger partial charge in [0.15, 0.2) is 0 Å². The van der Waals surface area contributed by atoms with E-state index in [2.05, 4.69) is 50.1 Å². The third-order valence-electron chi connectivity index (χ3n) is 6.61. The van der Waals surface area contributed by atoms with Crippen LogP contribution in [0.1, 0.15) is 52.5 Å². The zero-order chi connectivity index (χ0) is 16.0. The number of amides is 1. The molecule has 22 heavy (non-hydrogen) atoms. The van der Waals surface area contributed by atoms with Crippen molar-refractivity contribution >= 4 is 5.91 Å². The van der Waals surface area contributed by atoms with Gasteiger partial charge in [-0.2, -0.15) is 0 Å². The highest BCUT2D eigenvalue weighted by Gasteiger charge is 2.69. The van der Waals surface area contributed by atoms with Crippen LogP contribution in [0, 0.1) is 28.1 Å². The Morgan fingerprint density at radius 1 is 1.18 bits per heavy atom. The summed E-state index contributed by atoms with van der Waals surface area (Å²) in [6, 6.07) is 10.4. The Morgan fingerprint density at radius 2 is 1.86 bits per heavy atom. The van der Waals surface area contributed by atoms with Crippen molar-refractivity contribution in [3.63, 3.8) is 0 Å². The number of hydrogen-bond donors (Lipinski definition) is 1. The van der Waals surface area contributed by atoms with Crippen LogP contribution in [0.25, 0.3) is 0 Å². The number of hydrogen-bond acceptors (Lipinski definition) is 1. The summed E-state index contributed by atoms with van der Waals surface area (Å²) in [6.07, 6.45) is 3.23. The van der Waals surface area contributed by atoms with Crippen LogP contribution in [0.15, 0.2) is 30.3 Å². The highest BCUT2D eigenvalue weighted by molar-refractivity contribution is 5.73. The van der Waals surface area contributed by atoms with E-state index in [1.165, 1.54) is 0 Å². The minimum absolute atomic E-state index is 0.00467. The second-order valence-electron chi connectivity index (χ2n) is 7.70. The van der Waals surface area contributed by atoms with Crippen LogP contribution in [-0.4, -0.2) is 11.9 Å². The number of carbonyl (C=O) groups excluding carboxylic acids is 1. The summed E-state index contributed by atoms with van der Waals surface area (Å²) in [6.45, 7) is 8.61. The molecule has 2 nitrogen and oxygen atoms in total. The molecule has 2 aliphatic carbocycles. The van der Waals surface area contributed by atoms with Gasteiger partial charge in [-0.05, 0) is 42.2 Å². The normalized spacial score (nSPS) is 34.8. The third kappa shape index (κ3) is 1.99. The number of benzene rings is 1. The monoisotopic (exact) mass is 295 g/mol. The van der Waals surface area contributed by atoms with E-state index in [9.17, 15) is 4.79 Å². The first kappa shape index (κ1) is 15.2. The summed E-state index contributed by atoms with van der Waals surface area (Å²) >= 11 is 0. The van der Waals surface area contributed by atoms with Gasteiger partial charge in [0.25, 0.3) is 0 Å². The Balaban J connectivity index is 1.97. The van der Waals surface area contributed by atoms with Crippen molar-refractivity contribution in [3.8, 4) is 11.8 Å². The molecular weight excluding hydrogens is 270 g/mol. The van der Waals surface area contributed by atoms with Gasteiger partial charge in [0.1, 0.15) is 0 Å². The van der Waals surface area contributed by atoms with Crippen molar-refractivity contribution in [1.82, 2.24) is 5.32 Å². The van der Waals surface area contributed by atoms with Gasteiger partial charge in [0.05, 0.1) is 0 Å². The van der Waals surface area contributed by atoms with E-state index in [0.29, 0.717) is 0 Å². The lowest BCUT2D eigenvalue weighted by Crippen LogP contribution is -2.46. The highest BCUT2D eigenvalue weighted by atomic mass is 16.1. The van der Waals surface area contributed by atoms with Gasteiger partial charge in [-0.1, -0.05) is 50.8 Å². The zero-order valence-corrected chi connectivity index (χ0v) is 14.0. The van der Waals surface area contributed by atoms with Crippen molar-refractivity contribution in [2.24, 2.45) is 16.2 Å². The molecule has 2 aliphatic rings. The molecule has 1 N–H and O–H groups in total. The van der Waals surface area contributed by atoms with Crippen LogP contribution >= 0.6 is 0 Å². The first-order chi connectivity index (χ1) is 10.3. The van der Waals surface area contributed by atoms with Crippen LogP contribution in [0.3, 0.4) is 0 Å². The molecule has 0 heterocycles. The van der Waals surface area contributed by atoms with E-state index in [1.54, 1.807) is 6.92 Å². The van der Waals surface area contributed by atoms with Gasteiger partial charge >= 0.3 is 0 Å². The molecule has 3 unspecified atom stereocenters. The fraction of sp³-hybridized carbons (Fsp3) is 0.550. The summed E-state index contributed by atoms with van der Waals surface area (Å²) in [5.41, 5.74) is 1.31. The van der Waals surface area contributed by atoms with E-state index < -0.39 is 0 Å². The van der Waals surface area contributed by atoms with E-state index in [4.69, 9.17) is 0 Å². The van der Waals surface area contributed by atoms with Gasteiger partial charge in [0, 0.05) is 23.9 Å². The fourth-order valence-corrected chi connectivity index (χ4v) is 4.62. The molecule has 0 aromatic heterocycles. The average Bonchev–Trinajstić information content (AvgIpc) is 2.76. The minimum atomic E-state index is 0.00467. The van der Waals surface area contributed by atoms with Gasteiger partial charge in [-0.15, -0.1) is 0 Å². The average molecular weight is 295 g/mol.